The third-order valence-electron chi connectivity index (χ3n) is 2.69. The lowest BCUT2D eigenvalue weighted by Crippen LogP contribution is -2.12. The van der Waals surface area contributed by atoms with E-state index in [1.54, 1.807) is 19.1 Å². The second-order valence-corrected chi connectivity index (χ2v) is 4.25. The number of hydrogen-bond acceptors (Lipinski definition) is 5. The molecule has 0 aliphatic heterocycles. The predicted molar refractivity (Wildman–Crippen MR) is 71.6 cm³/mol. The SMILES string of the molecule is C[C@@H](O)CCNc1cc2nc[nH]c(=O)c2cc1N. The Hall–Kier alpha value is -2.08. The van der Waals surface area contributed by atoms with Crippen LogP contribution in [0.15, 0.2) is 23.3 Å². The van der Waals surface area contributed by atoms with Crippen LogP contribution in [0.2, 0.25) is 0 Å². The van der Waals surface area contributed by atoms with Crippen molar-refractivity contribution in [3.05, 3.63) is 28.8 Å². The molecule has 2 rings (SSSR count). The highest BCUT2D eigenvalue weighted by atomic mass is 16.3. The van der Waals surface area contributed by atoms with Crippen LogP contribution in [0.5, 0.6) is 0 Å². The Kier molecular flexibility index (Phi) is 3.47. The van der Waals surface area contributed by atoms with Crippen molar-refractivity contribution in [3.8, 4) is 0 Å². The number of nitrogens with one attached hydrogen (secondary N) is 2. The van der Waals surface area contributed by atoms with Gasteiger partial charge in [0, 0.05) is 6.54 Å². The molecule has 1 aromatic heterocycles. The van der Waals surface area contributed by atoms with E-state index >= 15 is 0 Å². The molecule has 0 saturated heterocycles. The molecule has 96 valence electrons. The average Bonchev–Trinajstić information content (AvgIpc) is 2.31. The molecule has 0 aliphatic carbocycles. The molecule has 1 aromatic carbocycles. The molecular weight excluding hydrogens is 232 g/mol. The number of aliphatic hydroxyl groups is 1. The highest BCUT2D eigenvalue weighted by molar-refractivity contribution is 5.88. The first-order chi connectivity index (χ1) is 8.58. The van der Waals surface area contributed by atoms with Crippen molar-refractivity contribution < 1.29 is 5.11 Å². The summed E-state index contributed by atoms with van der Waals surface area (Å²) in [5, 5.41) is 12.8. The van der Waals surface area contributed by atoms with Gasteiger partial charge in [-0.25, -0.2) is 4.98 Å². The summed E-state index contributed by atoms with van der Waals surface area (Å²) in [6, 6.07) is 3.34. The van der Waals surface area contributed by atoms with Crippen LogP contribution in [0.25, 0.3) is 10.9 Å². The summed E-state index contributed by atoms with van der Waals surface area (Å²) in [6.45, 7) is 2.34. The third kappa shape index (κ3) is 2.60. The standard InChI is InChI=1S/C12H16N4O2/c1-7(17)2-3-14-11-5-10-8(4-9(11)13)12(18)16-6-15-10/h4-7,14,17H,2-3,13H2,1H3,(H,15,16,18)/t7-/m1/s1. The fourth-order valence-electron chi connectivity index (χ4n) is 1.70. The molecule has 6 heteroatoms. The highest BCUT2D eigenvalue weighted by Gasteiger charge is 2.05. The van der Waals surface area contributed by atoms with Gasteiger partial charge in [0.05, 0.1) is 34.7 Å². The van der Waals surface area contributed by atoms with Crippen molar-refractivity contribution in [2.75, 3.05) is 17.6 Å². The minimum absolute atomic E-state index is 0.206. The summed E-state index contributed by atoms with van der Waals surface area (Å²) in [6.07, 6.45) is 1.63. The zero-order chi connectivity index (χ0) is 13.1. The van der Waals surface area contributed by atoms with E-state index in [1.807, 2.05) is 0 Å². The molecule has 5 N–H and O–H groups in total. The Bertz CT molecular complexity index is 607. The molecule has 18 heavy (non-hydrogen) atoms. The third-order valence-corrected chi connectivity index (χ3v) is 2.69. The summed E-state index contributed by atoms with van der Waals surface area (Å²) >= 11 is 0. The van der Waals surface area contributed by atoms with Gasteiger partial charge in [0.15, 0.2) is 0 Å². The number of hydrogen-bond donors (Lipinski definition) is 4. The fraction of sp³-hybridized carbons (Fsp3) is 0.333. The summed E-state index contributed by atoms with van der Waals surface area (Å²) < 4.78 is 0. The normalized spacial score (nSPS) is 12.6. The van der Waals surface area contributed by atoms with Gasteiger partial charge in [0.1, 0.15) is 0 Å². The van der Waals surface area contributed by atoms with E-state index in [-0.39, 0.29) is 11.7 Å². The largest absolute Gasteiger partial charge is 0.397 e. The van der Waals surface area contributed by atoms with Crippen molar-refractivity contribution >= 4 is 22.3 Å². The van der Waals surface area contributed by atoms with E-state index in [2.05, 4.69) is 15.3 Å². The number of rotatable bonds is 4. The molecule has 0 saturated carbocycles. The zero-order valence-corrected chi connectivity index (χ0v) is 10.1. The van der Waals surface area contributed by atoms with E-state index in [4.69, 9.17) is 5.73 Å². The van der Waals surface area contributed by atoms with Crippen LogP contribution in [0.4, 0.5) is 11.4 Å². The van der Waals surface area contributed by atoms with Gasteiger partial charge in [-0.2, -0.15) is 0 Å². The first kappa shape index (κ1) is 12.4. The Labute approximate surface area is 104 Å². The average molecular weight is 248 g/mol. The first-order valence-electron chi connectivity index (χ1n) is 5.77. The molecule has 0 amide bonds. The van der Waals surface area contributed by atoms with Crippen LogP contribution in [0.1, 0.15) is 13.3 Å². The Morgan fingerprint density at radius 3 is 3.06 bits per heavy atom. The van der Waals surface area contributed by atoms with Crippen molar-refractivity contribution in [1.82, 2.24) is 9.97 Å². The smallest absolute Gasteiger partial charge is 0.258 e. The summed E-state index contributed by atoms with van der Waals surface area (Å²) in [5.74, 6) is 0. The van der Waals surface area contributed by atoms with Crippen molar-refractivity contribution in [3.63, 3.8) is 0 Å². The molecule has 6 nitrogen and oxygen atoms in total. The Morgan fingerprint density at radius 2 is 2.33 bits per heavy atom. The van der Waals surface area contributed by atoms with Crippen molar-refractivity contribution in [2.24, 2.45) is 0 Å². The minimum Gasteiger partial charge on any atom is -0.397 e. The fourth-order valence-corrected chi connectivity index (χ4v) is 1.70. The summed E-state index contributed by atoms with van der Waals surface area (Å²) in [5.41, 5.74) is 7.47. The molecule has 1 atom stereocenters. The maximum Gasteiger partial charge on any atom is 0.258 e. The van der Waals surface area contributed by atoms with Crippen LogP contribution >= 0.6 is 0 Å². The van der Waals surface area contributed by atoms with Gasteiger partial charge in [-0.1, -0.05) is 0 Å². The van der Waals surface area contributed by atoms with Gasteiger partial charge in [0.2, 0.25) is 0 Å². The molecule has 1 heterocycles. The monoisotopic (exact) mass is 248 g/mol. The van der Waals surface area contributed by atoms with E-state index in [0.717, 1.165) is 5.69 Å². The lowest BCUT2D eigenvalue weighted by atomic mass is 10.2. The van der Waals surface area contributed by atoms with Gasteiger partial charge in [0.25, 0.3) is 5.56 Å². The predicted octanol–water partition coefficient (Wildman–Crippen LogP) is 0.688. The first-order valence-corrected chi connectivity index (χ1v) is 5.77. The van der Waals surface area contributed by atoms with Gasteiger partial charge < -0.3 is 21.1 Å². The molecule has 2 aromatic rings. The number of fused-ring (bicyclic) bond motifs is 1. The maximum atomic E-state index is 11.5. The summed E-state index contributed by atoms with van der Waals surface area (Å²) in [7, 11) is 0. The number of benzene rings is 1. The van der Waals surface area contributed by atoms with Crippen molar-refractivity contribution in [1.29, 1.82) is 0 Å². The van der Waals surface area contributed by atoms with Crippen LogP contribution < -0.4 is 16.6 Å². The second-order valence-electron chi connectivity index (χ2n) is 4.25. The lowest BCUT2D eigenvalue weighted by molar-refractivity contribution is 0.189. The quantitative estimate of drug-likeness (QED) is 0.596. The topological polar surface area (TPSA) is 104 Å². The molecule has 0 radical (unpaired) electrons. The van der Waals surface area contributed by atoms with E-state index in [9.17, 15) is 9.90 Å². The van der Waals surface area contributed by atoms with Crippen LogP contribution in [0, 0.1) is 0 Å². The van der Waals surface area contributed by atoms with Crippen LogP contribution in [-0.4, -0.2) is 27.7 Å². The van der Waals surface area contributed by atoms with E-state index in [1.165, 1.54) is 6.33 Å². The van der Waals surface area contributed by atoms with Gasteiger partial charge >= 0.3 is 0 Å². The number of aliphatic hydroxyl groups excluding tert-OH is 1. The Balaban J connectivity index is 2.29. The number of nitrogens with two attached hydrogens (primary N) is 1. The second kappa shape index (κ2) is 5.05. The molecular formula is C12H16N4O2. The lowest BCUT2D eigenvalue weighted by Gasteiger charge is -2.11. The van der Waals surface area contributed by atoms with E-state index < -0.39 is 0 Å². The molecule has 0 spiro atoms. The molecule has 0 unspecified atom stereocenters. The number of nitrogen functional groups attached to an aromatic ring is 1. The number of aromatic nitrogens is 2. The van der Waals surface area contributed by atoms with Crippen LogP contribution in [0.3, 0.4) is 0 Å². The van der Waals surface area contributed by atoms with Crippen LogP contribution in [-0.2, 0) is 0 Å². The number of H-pyrrole nitrogens is 1. The zero-order valence-electron chi connectivity index (χ0n) is 10.1. The maximum absolute atomic E-state index is 11.5. The number of nitrogens with zero attached hydrogens (tertiary/aromatic N) is 1. The summed E-state index contributed by atoms with van der Waals surface area (Å²) in [4.78, 5) is 18.1. The van der Waals surface area contributed by atoms with Gasteiger partial charge in [-0.15, -0.1) is 0 Å². The highest BCUT2D eigenvalue weighted by Crippen LogP contribution is 2.22. The molecule has 0 bridgehead atoms. The van der Waals surface area contributed by atoms with Crippen molar-refractivity contribution in [2.45, 2.75) is 19.4 Å². The van der Waals surface area contributed by atoms with E-state index in [0.29, 0.717) is 29.6 Å². The van der Waals surface area contributed by atoms with Gasteiger partial charge in [-0.05, 0) is 25.5 Å². The van der Waals surface area contributed by atoms with Gasteiger partial charge in [-0.3, -0.25) is 4.79 Å². The Morgan fingerprint density at radius 1 is 1.56 bits per heavy atom. The molecule has 0 fully saturated rings. The molecule has 0 aliphatic rings. The number of anilines is 2. The minimum atomic E-state index is -0.361. The number of aromatic amines is 1.